The van der Waals surface area contributed by atoms with Crippen LogP contribution in [0.3, 0.4) is 0 Å². The van der Waals surface area contributed by atoms with E-state index in [1.54, 1.807) is 48.5 Å². The molecule has 0 unspecified atom stereocenters. The van der Waals surface area contributed by atoms with E-state index in [4.69, 9.17) is 42.1 Å². The van der Waals surface area contributed by atoms with E-state index in [1.165, 1.54) is 51.6 Å². The fourth-order valence-electron chi connectivity index (χ4n) is 5.81. The summed E-state index contributed by atoms with van der Waals surface area (Å²) in [5.41, 5.74) is 0.869. The fourth-order valence-corrected chi connectivity index (χ4v) is 6.47. The van der Waals surface area contributed by atoms with Crippen molar-refractivity contribution in [1.29, 1.82) is 0 Å². The fraction of sp³-hybridized carbons (Fsp3) is 0.243. The number of nitrogens with zero attached hydrogens (tertiary/aromatic N) is 2. The van der Waals surface area contributed by atoms with Crippen LogP contribution in [0.1, 0.15) is 34.3 Å². The zero-order valence-electron chi connectivity index (χ0n) is 28.9. The number of methoxy groups -OCH3 is 3. The lowest BCUT2D eigenvalue weighted by Crippen LogP contribution is -2.53. The van der Waals surface area contributed by atoms with Crippen LogP contribution in [0.25, 0.3) is 0 Å². The number of esters is 1. The normalized spacial score (nSPS) is 16.5. The van der Waals surface area contributed by atoms with Crippen LogP contribution in [0.2, 0.25) is 10.0 Å². The van der Waals surface area contributed by atoms with Crippen molar-refractivity contribution in [2.75, 3.05) is 28.4 Å². The highest BCUT2D eigenvalue weighted by atomic mass is 35.5. The number of carbonyl (C=O) groups excluding carboxylic acids is 4. The van der Waals surface area contributed by atoms with Gasteiger partial charge in [-0.2, -0.15) is 0 Å². The van der Waals surface area contributed by atoms with Crippen LogP contribution in [0, 0.1) is 10.1 Å². The summed E-state index contributed by atoms with van der Waals surface area (Å²) in [4.78, 5) is 68.2. The van der Waals surface area contributed by atoms with E-state index < -0.39 is 52.4 Å². The minimum absolute atomic E-state index is 0.0544. The second kappa shape index (κ2) is 16.7. The highest BCUT2D eigenvalue weighted by molar-refractivity contribution is 6.37. The second-order valence-corrected chi connectivity index (χ2v) is 12.7. The van der Waals surface area contributed by atoms with Gasteiger partial charge in [0, 0.05) is 19.5 Å². The van der Waals surface area contributed by atoms with Gasteiger partial charge in [-0.15, -0.1) is 0 Å². The quantitative estimate of drug-likeness (QED) is 0.132. The predicted molar refractivity (Wildman–Crippen MR) is 193 cm³/mol. The van der Waals surface area contributed by atoms with Crippen molar-refractivity contribution in [2.45, 2.75) is 31.0 Å². The van der Waals surface area contributed by atoms with Gasteiger partial charge in [-0.25, -0.2) is 4.79 Å². The molecule has 16 heteroatoms. The first-order valence-electron chi connectivity index (χ1n) is 16.0. The van der Waals surface area contributed by atoms with Gasteiger partial charge in [0.15, 0.2) is 11.8 Å². The Morgan fingerprint density at radius 3 is 2.28 bits per heavy atom. The molecule has 3 atom stereocenters. The number of nitro groups is 1. The van der Waals surface area contributed by atoms with Crippen LogP contribution in [0.4, 0.5) is 5.69 Å². The zero-order chi connectivity index (χ0) is 38.4. The smallest absolute Gasteiger partial charge is 0.333 e. The van der Waals surface area contributed by atoms with Crippen LogP contribution < -0.4 is 24.8 Å². The highest BCUT2D eigenvalue weighted by Crippen LogP contribution is 2.37. The summed E-state index contributed by atoms with van der Waals surface area (Å²) in [5.74, 6) is -2.21. The Morgan fingerprint density at radius 1 is 0.962 bits per heavy atom. The first-order valence-corrected chi connectivity index (χ1v) is 16.7. The number of hydrogen-bond donors (Lipinski definition) is 2. The number of carbonyl (C=O) groups is 4. The molecule has 4 aromatic rings. The average Bonchev–Trinajstić information content (AvgIpc) is 3.14. The van der Waals surface area contributed by atoms with Gasteiger partial charge in [0.05, 0.1) is 42.7 Å². The molecule has 0 fully saturated rings. The summed E-state index contributed by atoms with van der Waals surface area (Å²) in [6.45, 7) is 0. The zero-order valence-corrected chi connectivity index (χ0v) is 30.4. The summed E-state index contributed by atoms with van der Waals surface area (Å²) >= 11 is 12.9. The molecule has 2 heterocycles. The van der Waals surface area contributed by atoms with E-state index in [2.05, 4.69) is 10.6 Å². The molecule has 0 saturated carbocycles. The van der Waals surface area contributed by atoms with E-state index in [1.807, 2.05) is 0 Å². The summed E-state index contributed by atoms with van der Waals surface area (Å²) in [5, 5.41) is 17.8. The molecule has 0 radical (unpaired) electrons. The maximum atomic E-state index is 14.6. The van der Waals surface area contributed by atoms with E-state index in [9.17, 15) is 29.3 Å². The van der Waals surface area contributed by atoms with E-state index in [0.29, 0.717) is 16.9 Å². The first kappa shape index (κ1) is 38.4. The van der Waals surface area contributed by atoms with E-state index in [-0.39, 0.29) is 51.3 Å². The van der Waals surface area contributed by atoms with Gasteiger partial charge < -0.3 is 34.5 Å². The number of ether oxygens (including phenoxy) is 4. The standard InChI is InChI=1S/C37H34Cl2N4O10/c1-42-29(35(45)41-33(37(47)52-4)22-9-11-24(50-2)12-10-22)16-21-8-13-30(28(15-21)43(48)49)53-25-7-5-6-20(14-25)17-31(44)40-32(36(42)46)23-18-26(38)34(51-3)27(39)19-23/h5-15,18-19,29,32-33H,16-17H2,1-4H3,(H,40,44)(H,41,45)/t29-,32+,33+/m0/s1. The molecule has 14 nitrogen and oxygen atoms in total. The number of amides is 3. The third-order valence-electron chi connectivity index (χ3n) is 8.54. The van der Waals surface area contributed by atoms with Crippen molar-refractivity contribution in [3.05, 3.63) is 121 Å². The number of fused-ring (bicyclic) bond motifs is 9. The molecule has 4 aromatic carbocycles. The Morgan fingerprint density at radius 2 is 1.66 bits per heavy atom. The second-order valence-electron chi connectivity index (χ2n) is 11.9. The number of hydrogen-bond acceptors (Lipinski definition) is 10. The van der Waals surface area contributed by atoms with Gasteiger partial charge in [-0.05, 0) is 64.7 Å². The van der Waals surface area contributed by atoms with Crippen molar-refractivity contribution in [2.24, 2.45) is 0 Å². The Kier molecular flexibility index (Phi) is 12.1. The molecule has 2 aliphatic rings. The first-order chi connectivity index (χ1) is 25.3. The van der Waals surface area contributed by atoms with Gasteiger partial charge in [0.1, 0.15) is 23.6 Å². The summed E-state index contributed by atoms with van der Waals surface area (Å²) in [7, 11) is 5.33. The Hall–Kier alpha value is -5.86. The molecule has 0 aromatic heterocycles. The Balaban J connectivity index is 1.64. The molecule has 0 saturated heterocycles. The summed E-state index contributed by atoms with van der Waals surface area (Å²) in [6.07, 6.45) is -0.498. The van der Waals surface area contributed by atoms with Gasteiger partial charge in [-0.1, -0.05) is 53.5 Å². The minimum Gasteiger partial charge on any atom is -0.497 e. The van der Waals surface area contributed by atoms with Gasteiger partial charge >= 0.3 is 11.7 Å². The predicted octanol–water partition coefficient (Wildman–Crippen LogP) is 5.52. The number of nitro benzene ring substituents is 1. The lowest BCUT2D eigenvalue weighted by atomic mass is 9.99. The van der Waals surface area contributed by atoms with Crippen LogP contribution >= 0.6 is 23.2 Å². The summed E-state index contributed by atoms with van der Waals surface area (Å²) < 4.78 is 21.4. The molecule has 276 valence electrons. The van der Waals surface area contributed by atoms with Crippen LogP contribution in [0.15, 0.2) is 78.9 Å². The topological polar surface area (TPSA) is 176 Å². The van der Waals surface area contributed by atoms with Crippen molar-refractivity contribution >= 4 is 52.6 Å². The van der Waals surface area contributed by atoms with Gasteiger partial charge in [-0.3, -0.25) is 24.5 Å². The highest BCUT2D eigenvalue weighted by Gasteiger charge is 2.36. The minimum atomic E-state index is -1.44. The molecule has 2 N–H and O–H groups in total. The summed E-state index contributed by atoms with van der Waals surface area (Å²) in [6, 6.07) is 15.5. The maximum absolute atomic E-state index is 14.6. The van der Waals surface area contributed by atoms with Gasteiger partial charge in [0.25, 0.3) is 0 Å². The third-order valence-corrected chi connectivity index (χ3v) is 9.10. The van der Waals surface area contributed by atoms with Crippen molar-refractivity contribution in [3.8, 4) is 23.0 Å². The third kappa shape index (κ3) is 8.79. The van der Waals surface area contributed by atoms with Crippen LogP contribution in [0.5, 0.6) is 23.0 Å². The molecule has 6 rings (SSSR count). The molecule has 4 bridgehead atoms. The number of rotatable bonds is 8. The lowest BCUT2D eigenvalue weighted by molar-refractivity contribution is -0.385. The average molecular weight is 766 g/mol. The molecule has 0 spiro atoms. The van der Waals surface area contributed by atoms with Gasteiger partial charge in [0.2, 0.25) is 23.5 Å². The van der Waals surface area contributed by atoms with Crippen molar-refractivity contribution in [1.82, 2.24) is 15.5 Å². The number of halogens is 2. The van der Waals surface area contributed by atoms with Crippen molar-refractivity contribution in [3.63, 3.8) is 0 Å². The largest absolute Gasteiger partial charge is 0.497 e. The van der Waals surface area contributed by atoms with Crippen LogP contribution in [-0.2, 0) is 36.8 Å². The lowest BCUT2D eigenvalue weighted by Gasteiger charge is -2.32. The molecule has 0 aliphatic carbocycles. The Labute approximate surface area is 314 Å². The number of nitrogens with one attached hydrogen (secondary N) is 2. The maximum Gasteiger partial charge on any atom is 0.333 e. The van der Waals surface area contributed by atoms with Crippen LogP contribution in [-0.4, -0.2) is 67.9 Å². The molecule has 2 aliphatic heterocycles. The van der Waals surface area contributed by atoms with E-state index >= 15 is 0 Å². The number of benzene rings is 4. The molecular formula is C37H34Cl2N4O10. The Bertz CT molecular complexity index is 2040. The molecule has 3 amide bonds. The molecular weight excluding hydrogens is 731 g/mol. The SMILES string of the molecule is COC(=O)[C@H](NC(=O)[C@@H]1Cc2ccc(c([N+](=O)[O-])c2)Oc2cccc(c2)CC(=O)N[C@H](c2cc(Cl)c(OC)c(Cl)c2)C(=O)N1C)c1ccc(OC)cc1. The monoisotopic (exact) mass is 764 g/mol. The van der Waals surface area contributed by atoms with E-state index in [0.717, 1.165) is 12.0 Å². The van der Waals surface area contributed by atoms with Crippen molar-refractivity contribution < 1.29 is 43.0 Å². The number of likely N-dealkylation sites (N-methyl/N-ethyl adjacent to an activating group) is 1. The molecule has 53 heavy (non-hydrogen) atoms.